The molecule has 0 aliphatic rings. The zero-order valence-corrected chi connectivity index (χ0v) is 22.9. The van der Waals surface area contributed by atoms with Gasteiger partial charge >= 0.3 is 12.5 Å². The molecule has 0 unspecified atom stereocenters. The first-order valence-corrected chi connectivity index (χ1v) is 12.6. The molecule has 0 atom stereocenters. The van der Waals surface area contributed by atoms with Crippen LogP contribution < -0.4 is 15.4 Å². The Kier molecular flexibility index (Phi) is 7.98. The third-order valence-electron chi connectivity index (χ3n) is 6.26. The molecule has 222 valence electrons. The van der Waals surface area contributed by atoms with Crippen LogP contribution in [0.1, 0.15) is 47.8 Å². The SMILES string of the molecule is Cc1cc(OC(F)(F)F)ccc1-n1ncc2c(NC(=O)c3cc(CNC(=O)C(C)(C)C)ccc3C(F)(F)F)cccc21. The Morgan fingerprint density at radius 3 is 2.29 bits per heavy atom. The van der Waals surface area contributed by atoms with Crippen molar-refractivity contribution in [2.45, 2.75) is 46.8 Å². The Balaban J connectivity index is 1.65. The lowest BCUT2D eigenvalue weighted by Crippen LogP contribution is -2.34. The molecule has 1 aromatic heterocycles. The van der Waals surface area contributed by atoms with Crippen LogP contribution in [0.4, 0.5) is 32.0 Å². The van der Waals surface area contributed by atoms with Gasteiger partial charge in [-0.2, -0.15) is 18.3 Å². The second kappa shape index (κ2) is 11.0. The van der Waals surface area contributed by atoms with Crippen molar-refractivity contribution in [3.63, 3.8) is 0 Å². The van der Waals surface area contributed by atoms with E-state index in [1.807, 2.05) is 0 Å². The van der Waals surface area contributed by atoms with Gasteiger partial charge in [0.1, 0.15) is 5.75 Å². The van der Waals surface area contributed by atoms with E-state index in [1.54, 1.807) is 39.8 Å². The molecule has 1 heterocycles. The number of rotatable bonds is 6. The van der Waals surface area contributed by atoms with E-state index < -0.39 is 40.7 Å². The van der Waals surface area contributed by atoms with Crippen LogP contribution in [0, 0.1) is 12.3 Å². The van der Waals surface area contributed by atoms with Gasteiger partial charge in [0.05, 0.1) is 34.2 Å². The van der Waals surface area contributed by atoms with Crippen LogP contribution in [0.15, 0.2) is 60.8 Å². The van der Waals surface area contributed by atoms with Crippen molar-refractivity contribution in [1.82, 2.24) is 15.1 Å². The van der Waals surface area contributed by atoms with Crippen molar-refractivity contribution in [2.75, 3.05) is 5.32 Å². The van der Waals surface area contributed by atoms with Gasteiger partial charge in [0.2, 0.25) is 5.91 Å². The fourth-order valence-electron chi connectivity index (χ4n) is 4.19. The van der Waals surface area contributed by atoms with Crippen LogP contribution in [0.25, 0.3) is 16.6 Å². The first-order valence-electron chi connectivity index (χ1n) is 12.6. The average molecular weight is 593 g/mol. The van der Waals surface area contributed by atoms with Gasteiger partial charge in [-0.15, -0.1) is 13.2 Å². The Morgan fingerprint density at radius 2 is 1.67 bits per heavy atom. The van der Waals surface area contributed by atoms with Crippen molar-refractivity contribution in [3.8, 4) is 11.4 Å². The topological polar surface area (TPSA) is 85.2 Å². The Bertz CT molecular complexity index is 1650. The summed E-state index contributed by atoms with van der Waals surface area (Å²) < 4.78 is 84.6. The highest BCUT2D eigenvalue weighted by Crippen LogP contribution is 2.34. The number of aromatic nitrogens is 2. The maximum Gasteiger partial charge on any atom is 0.573 e. The Hall–Kier alpha value is -4.55. The minimum atomic E-state index is -4.86. The van der Waals surface area contributed by atoms with Gasteiger partial charge in [0, 0.05) is 17.3 Å². The first kappa shape index (κ1) is 30.4. The molecule has 3 aromatic carbocycles. The van der Waals surface area contributed by atoms with Crippen LogP contribution in [0.2, 0.25) is 0 Å². The monoisotopic (exact) mass is 592 g/mol. The molecule has 0 radical (unpaired) electrons. The van der Waals surface area contributed by atoms with Gasteiger partial charge < -0.3 is 15.4 Å². The van der Waals surface area contributed by atoms with E-state index in [4.69, 9.17) is 0 Å². The number of hydrogen-bond acceptors (Lipinski definition) is 4. The lowest BCUT2D eigenvalue weighted by Gasteiger charge is -2.19. The highest BCUT2D eigenvalue weighted by atomic mass is 19.4. The zero-order chi connectivity index (χ0) is 31.0. The van der Waals surface area contributed by atoms with E-state index in [9.17, 15) is 35.9 Å². The number of amides is 2. The summed E-state index contributed by atoms with van der Waals surface area (Å²) in [6.07, 6.45) is -8.30. The molecule has 13 heteroatoms. The zero-order valence-electron chi connectivity index (χ0n) is 22.9. The lowest BCUT2D eigenvalue weighted by molar-refractivity contribution is -0.274. The maximum absolute atomic E-state index is 13.8. The maximum atomic E-state index is 13.8. The number of benzene rings is 3. The molecular formula is C29H26F6N4O3. The molecule has 0 saturated carbocycles. The smallest absolute Gasteiger partial charge is 0.406 e. The van der Waals surface area contributed by atoms with E-state index in [1.165, 1.54) is 35.1 Å². The van der Waals surface area contributed by atoms with E-state index in [0.29, 0.717) is 27.7 Å². The molecule has 0 bridgehead atoms. The number of fused-ring (bicyclic) bond motifs is 1. The second-order valence-electron chi connectivity index (χ2n) is 10.6. The lowest BCUT2D eigenvalue weighted by atomic mass is 9.95. The van der Waals surface area contributed by atoms with Gasteiger partial charge in [0.15, 0.2) is 0 Å². The van der Waals surface area contributed by atoms with Crippen molar-refractivity contribution in [1.29, 1.82) is 0 Å². The number of anilines is 1. The molecular weight excluding hydrogens is 566 g/mol. The number of nitrogens with zero attached hydrogens (tertiary/aromatic N) is 2. The summed E-state index contributed by atoms with van der Waals surface area (Å²) in [6, 6.07) is 11.4. The van der Waals surface area contributed by atoms with Gasteiger partial charge in [-0.3, -0.25) is 9.59 Å². The largest absolute Gasteiger partial charge is 0.573 e. The van der Waals surface area contributed by atoms with Gasteiger partial charge in [-0.1, -0.05) is 32.9 Å². The minimum Gasteiger partial charge on any atom is -0.406 e. The van der Waals surface area contributed by atoms with Gasteiger partial charge in [-0.05, 0) is 60.5 Å². The Morgan fingerprint density at radius 1 is 0.952 bits per heavy atom. The quantitative estimate of drug-likeness (QED) is 0.233. The van der Waals surface area contributed by atoms with Crippen LogP contribution in [0.3, 0.4) is 0 Å². The molecule has 4 aromatic rings. The number of hydrogen-bond donors (Lipinski definition) is 2. The molecule has 7 nitrogen and oxygen atoms in total. The number of carbonyl (C=O) groups is 2. The minimum absolute atomic E-state index is 0.0803. The van der Waals surface area contributed by atoms with Crippen molar-refractivity contribution < 1.29 is 40.7 Å². The van der Waals surface area contributed by atoms with E-state index in [-0.39, 0.29) is 18.1 Å². The number of aryl methyl sites for hydroxylation is 1. The number of ether oxygens (including phenoxy) is 1. The van der Waals surface area contributed by atoms with E-state index in [0.717, 1.165) is 18.2 Å². The summed E-state index contributed by atoms with van der Waals surface area (Å²) in [5.41, 5.74) is -0.768. The summed E-state index contributed by atoms with van der Waals surface area (Å²) >= 11 is 0. The Labute approximate surface area is 236 Å². The third-order valence-corrected chi connectivity index (χ3v) is 6.26. The predicted molar refractivity (Wildman–Crippen MR) is 143 cm³/mol. The number of carbonyl (C=O) groups excluding carboxylic acids is 2. The molecule has 0 saturated heterocycles. The predicted octanol–water partition coefficient (Wildman–Crippen LogP) is 7.17. The van der Waals surface area contributed by atoms with Crippen molar-refractivity contribution in [3.05, 3.63) is 83.0 Å². The summed E-state index contributed by atoms with van der Waals surface area (Å²) in [5.74, 6) is -1.75. The molecule has 0 fully saturated rings. The van der Waals surface area contributed by atoms with Crippen molar-refractivity contribution in [2.24, 2.45) is 5.41 Å². The second-order valence-corrected chi connectivity index (χ2v) is 10.6. The van der Waals surface area contributed by atoms with Crippen LogP contribution >= 0.6 is 0 Å². The highest BCUT2D eigenvalue weighted by molar-refractivity contribution is 6.09. The van der Waals surface area contributed by atoms with Crippen molar-refractivity contribution >= 4 is 28.4 Å². The van der Waals surface area contributed by atoms with Crippen LogP contribution in [-0.4, -0.2) is 28.0 Å². The summed E-state index contributed by atoms with van der Waals surface area (Å²) in [4.78, 5) is 25.4. The van der Waals surface area contributed by atoms with Crippen LogP contribution in [0.5, 0.6) is 5.75 Å². The van der Waals surface area contributed by atoms with Crippen LogP contribution in [-0.2, 0) is 17.5 Å². The summed E-state index contributed by atoms with van der Waals surface area (Å²) in [6.45, 7) is 6.55. The fourth-order valence-corrected chi connectivity index (χ4v) is 4.19. The number of halogens is 6. The molecule has 2 amide bonds. The number of nitrogens with one attached hydrogen (secondary N) is 2. The van der Waals surface area contributed by atoms with Gasteiger partial charge in [0.25, 0.3) is 5.91 Å². The standard InChI is InChI=1S/C29H26F6N4O3/c1-16-12-18(42-29(33,34)35)9-11-23(16)39-24-7-5-6-22(20(24)15-37-39)38-25(40)19-13-17(8-10-21(19)28(30,31)32)14-36-26(41)27(2,3)4/h5-13,15H,14H2,1-4H3,(H,36,41)(H,38,40). The first-order chi connectivity index (χ1) is 19.4. The molecule has 0 aliphatic heterocycles. The van der Waals surface area contributed by atoms with E-state index >= 15 is 0 Å². The molecule has 42 heavy (non-hydrogen) atoms. The van der Waals surface area contributed by atoms with Gasteiger partial charge in [-0.25, -0.2) is 4.68 Å². The summed E-state index contributed by atoms with van der Waals surface area (Å²) in [5, 5.41) is 9.83. The molecule has 0 spiro atoms. The molecule has 0 aliphatic carbocycles. The molecule has 2 N–H and O–H groups in total. The fraction of sp³-hybridized carbons (Fsp3) is 0.276. The normalized spacial score (nSPS) is 12.3. The highest BCUT2D eigenvalue weighted by Gasteiger charge is 2.36. The van der Waals surface area contributed by atoms with E-state index in [2.05, 4.69) is 20.5 Å². The third kappa shape index (κ3) is 6.84. The average Bonchev–Trinajstić information content (AvgIpc) is 3.30. The molecule has 4 rings (SSSR count). The number of alkyl halides is 6. The summed E-state index contributed by atoms with van der Waals surface area (Å²) in [7, 11) is 0.